The molecule has 0 aliphatic rings. The smallest absolute Gasteiger partial charge is 0.244 e. The van der Waals surface area contributed by atoms with Gasteiger partial charge in [0.2, 0.25) is 5.91 Å². The number of amides is 1. The lowest BCUT2D eigenvalue weighted by Crippen LogP contribution is -2.24. The van der Waals surface area contributed by atoms with E-state index in [1.807, 2.05) is 45.0 Å². The Morgan fingerprint density at radius 1 is 1.44 bits per heavy atom. The Labute approximate surface area is 105 Å². The zero-order valence-corrected chi connectivity index (χ0v) is 11.3. The summed E-state index contributed by atoms with van der Waals surface area (Å²) in [6.07, 6.45) is 1.61. The largest absolute Gasteiger partial charge is 0.346 e. The lowest BCUT2D eigenvalue weighted by Gasteiger charge is -2.13. The van der Waals surface area contributed by atoms with Crippen LogP contribution in [-0.4, -0.2) is 5.91 Å². The van der Waals surface area contributed by atoms with E-state index in [1.165, 1.54) is 0 Å². The van der Waals surface area contributed by atoms with Gasteiger partial charge >= 0.3 is 0 Å². The molecule has 0 fully saturated rings. The first kappa shape index (κ1) is 13.0. The van der Waals surface area contributed by atoms with Crippen molar-refractivity contribution in [3.63, 3.8) is 0 Å². The summed E-state index contributed by atoms with van der Waals surface area (Å²) in [6, 6.07) is 7.95. The number of nitrogens with one attached hydrogen (secondary N) is 1. The van der Waals surface area contributed by atoms with Crippen LogP contribution in [0.25, 0.3) is 0 Å². The van der Waals surface area contributed by atoms with Crippen molar-refractivity contribution in [2.75, 3.05) is 0 Å². The molecule has 0 aliphatic carbocycles. The van der Waals surface area contributed by atoms with Crippen LogP contribution in [0, 0.1) is 0 Å². The summed E-state index contributed by atoms with van der Waals surface area (Å²) >= 11 is 3.41. The van der Waals surface area contributed by atoms with E-state index in [0.717, 1.165) is 15.6 Å². The highest BCUT2D eigenvalue weighted by molar-refractivity contribution is 9.10. The van der Waals surface area contributed by atoms with Crippen molar-refractivity contribution in [3.05, 3.63) is 46.0 Å². The van der Waals surface area contributed by atoms with Crippen LogP contribution in [0.2, 0.25) is 0 Å². The van der Waals surface area contributed by atoms with E-state index in [1.54, 1.807) is 6.08 Å². The molecular weight excluding hydrogens is 266 g/mol. The Kier molecular flexibility index (Phi) is 4.74. The fraction of sp³-hybridized carbons (Fsp3) is 0.308. The van der Waals surface area contributed by atoms with E-state index in [4.69, 9.17) is 0 Å². The molecule has 16 heavy (non-hydrogen) atoms. The quantitative estimate of drug-likeness (QED) is 0.843. The lowest BCUT2D eigenvalue weighted by atomic mass is 10.1. The average Bonchev–Trinajstić information content (AvgIpc) is 2.16. The Balaban J connectivity index is 2.69. The van der Waals surface area contributed by atoms with Crippen LogP contribution in [0.3, 0.4) is 0 Å². The third-order valence-electron chi connectivity index (χ3n) is 2.13. The number of rotatable bonds is 3. The van der Waals surface area contributed by atoms with Gasteiger partial charge in [0.05, 0.1) is 6.04 Å². The molecule has 0 aromatic heterocycles. The Hall–Kier alpha value is -1.09. The minimum atomic E-state index is -0.0486. The van der Waals surface area contributed by atoms with Gasteiger partial charge in [-0.25, -0.2) is 0 Å². The minimum absolute atomic E-state index is 0.0144. The average molecular weight is 282 g/mol. The fourth-order valence-electron chi connectivity index (χ4n) is 1.38. The summed E-state index contributed by atoms with van der Waals surface area (Å²) in [5.74, 6) is -0.0486. The van der Waals surface area contributed by atoms with Crippen molar-refractivity contribution < 1.29 is 4.79 Å². The molecule has 0 spiro atoms. The second-order valence-electron chi connectivity index (χ2n) is 4.01. The normalized spacial score (nSPS) is 11.8. The van der Waals surface area contributed by atoms with Crippen molar-refractivity contribution in [2.45, 2.75) is 26.8 Å². The van der Waals surface area contributed by atoms with Gasteiger partial charge in [0.1, 0.15) is 0 Å². The number of hydrogen-bond acceptors (Lipinski definition) is 1. The first-order valence-electron chi connectivity index (χ1n) is 5.20. The van der Waals surface area contributed by atoms with Crippen molar-refractivity contribution >= 4 is 21.8 Å². The van der Waals surface area contributed by atoms with Crippen LogP contribution >= 0.6 is 15.9 Å². The molecular formula is C13H16BrNO. The van der Waals surface area contributed by atoms with Gasteiger partial charge in [-0.3, -0.25) is 4.79 Å². The summed E-state index contributed by atoms with van der Waals surface area (Å²) in [5, 5.41) is 2.92. The zero-order chi connectivity index (χ0) is 12.1. The van der Waals surface area contributed by atoms with Crippen LogP contribution in [0.15, 0.2) is 40.4 Å². The number of allylic oxidation sites excluding steroid dienone is 1. The van der Waals surface area contributed by atoms with Crippen LogP contribution in [0.5, 0.6) is 0 Å². The molecule has 1 aromatic rings. The molecule has 1 aromatic carbocycles. The summed E-state index contributed by atoms with van der Waals surface area (Å²) in [7, 11) is 0. The van der Waals surface area contributed by atoms with E-state index >= 15 is 0 Å². The first-order valence-corrected chi connectivity index (χ1v) is 5.99. The van der Waals surface area contributed by atoms with E-state index < -0.39 is 0 Å². The Morgan fingerprint density at radius 2 is 2.12 bits per heavy atom. The van der Waals surface area contributed by atoms with Gasteiger partial charge in [0.25, 0.3) is 0 Å². The molecule has 3 heteroatoms. The topological polar surface area (TPSA) is 29.1 Å². The Morgan fingerprint density at radius 3 is 2.69 bits per heavy atom. The van der Waals surface area contributed by atoms with Gasteiger partial charge in [-0.05, 0) is 38.5 Å². The summed E-state index contributed by atoms with van der Waals surface area (Å²) in [5.41, 5.74) is 2.09. The van der Waals surface area contributed by atoms with Crippen molar-refractivity contribution in [2.24, 2.45) is 0 Å². The third kappa shape index (κ3) is 4.19. The standard InChI is InChI=1S/C13H16BrNO/c1-9(2)7-13(16)15-10(3)11-5-4-6-12(14)8-11/h4-8,10H,1-3H3,(H,15,16). The van der Waals surface area contributed by atoms with Gasteiger partial charge in [-0.15, -0.1) is 0 Å². The maximum Gasteiger partial charge on any atom is 0.244 e. The van der Waals surface area contributed by atoms with Gasteiger partial charge in [-0.1, -0.05) is 33.6 Å². The minimum Gasteiger partial charge on any atom is -0.346 e. The van der Waals surface area contributed by atoms with E-state index in [0.29, 0.717) is 0 Å². The second kappa shape index (κ2) is 5.85. The molecule has 0 saturated heterocycles. The zero-order valence-electron chi connectivity index (χ0n) is 9.75. The van der Waals surface area contributed by atoms with E-state index in [2.05, 4.69) is 21.2 Å². The third-order valence-corrected chi connectivity index (χ3v) is 2.62. The first-order chi connectivity index (χ1) is 7.49. The molecule has 0 radical (unpaired) electrons. The predicted octanol–water partition coefficient (Wildman–Crippen LogP) is 3.59. The van der Waals surface area contributed by atoms with Crippen molar-refractivity contribution in [1.29, 1.82) is 0 Å². The number of carbonyl (C=O) groups is 1. The molecule has 1 amide bonds. The monoisotopic (exact) mass is 281 g/mol. The SMILES string of the molecule is CC(C)=CC(=O)NC(C)c1cccc(Br)c1. The Bertz CT molecular complexity index is 408. The molecule has 0 aliphatic heterocycles. The van der Waals surface area contributed by atoms with Crippen LogP contribution < -0.4 is 5.32 Å². The van der Waals surface area contributed by atoms with Gasteiger partial charge in [0, 0.05) is 10.5 Å². The summed E-state index contributed by atoms with van der Waals surface area (Å²) in [6.45, 7) is 5.78. The number of halogens is 1. The van der Waals surface area contributed by atoms with Crippen LogP contribution in [-0.2, 0) is 4.79 Å². The van der Waals surface area contributed by atoms with Gasteiger partial charge in [-0.2, -0.15) is 0 Å². The number of carbonyl (C=O) groups excluding carboxylic acids is 1. The number of benzene rings is 1. The van der Waals surface area contributed by atoms with E-state index in [9.17, 15) is 4.79 Å². The lowest BCUT2D eigenvalue weighted by molar-refractivity contribution is -0.117. The summed E-state index contributed by atoms with van der Waals surface area (Å²) < 4.78 is 1.02. The molecule has 1 unspecified atom stereocenters. The van der Waals surface area contributed by atoms with Crippen molar-refractivity contribution in [1.82, 2.24) is 5.32 Å². The van der Waals surface area contributed by atoms with Crippen LogP contribution in [0.1, 0.15) is 32.4 Å². The van der Waals surface area contributed by atoms with Crippen LogP contribution in [0.4, 0.5) is 0 Å². The fourth-order valence-corrected chi connectivity index (χ4v) is 1.79. The molecule has 0 bridgehead atoms. The van der Waals surface area contributed by atoms with Gasteiger partial charge < -0.3 is 5.32 Å². The molecule has 1 N–H and O–H groups in total. The second-order valence-corrected chi connectivity index (χ2v) is 4.92. The molecule has 1 atom stereocenters. The highest BCUT2D eigenvalue weighted by atomic mass is 79.9. The predicted molar refractivity (Wildman–Crippen MR) is 70.1 cm³/mol. The molecule has 1 rings (SSSR count). The number of hydrogen-bond donors (Lipinski definition) is 1. The van der Waals surface area contributed by atoms with Crippen molar-refractivity contribution in [3.8, 4) is 0 Å². The van der Waals surface area contributed by atoms with Gasteiger partial charge in [0.15, 0.2) is 0 Å². The van der Waals surface area contributed by atoms with E-state index in [-0.39, 0.29) is 11.9 Å². The highest BCUT2D eigenvalue weighted by Crippen LogP contribution is 2.17. The molecule has 86 valence electrons. The molecule has 0 heterocycles. The summed E-state index contributed by atoms with van der Waals surface area (Å²) in [4.78, 5) is 11.5. The highest BCUT2D eigenvalue weighted by Gasteiger charge is 2.07. The molecule has 0 saturated carbocycles. The molecule has 2 nitrogen and oxygen atoms in total. The maximum absolute atomic E-state index is 11.5. The maximum atomic E-state index is 11.5.